The Morgan fingerprint density at radius 2 is 1.94 bits per heavy atom. The molecule has 2 rings (SSSR count). The monoisotopic (exact) mass is 279 g/mol. The van der Waals surface area contributed by atoms with Gasteiger partial charge in [-0.25, -0.2) is 9.97 Å². The predicted molar refractivity (Wildman–Crippen MR) is 76.8 cm³/mol. The van der Waals surface area contributed by atoms with Gasteiger partial charge in [-0.05, 0) is 30.7 Å². The molecule has 5 heteroatoms. The van der Waals surface area contributed by atoms with Crippen LogP contribution in [0.25, 0.3) is 0 Å². The molecular formula is C13H14ClN3S. The van der Waals surface area contributed by atoms with E-state index in [9.17, 15) is 0 Å². The van der Waals surface area contributed by atoms with Crippen LogP contribution >= 0.6 is 23.4 Å². The number of aromatic nitrogens is 2. The smallest absolute Gasteiger partial charge is 0.141 e. The standard InChI is InChI=1S/C13H14ClN3S/c1-2-10-7-12(15)17-13(16-10)8-18-11-5-3-9(14)4-6-11/h3-7H,2,8H2,1H3,(H2,15,16,17). The number of benzene rings is 1. The van der Waals surface area contributed by atoms with Crippen molar-refractivity contribution in [1.82, 2.24) is 9.97 Å². The number of thioether (sulfide) groups is 1. The molecule has 2 N–H and O–H groups in total. The van der Waals surface area contributed by atoms with Crippen molar-refractivity contribution in [2.45, 2.75) is 24.0 Å². The molecule has 1 aromatic heterocycles. The quantitative estimate of drug-likeness (QED) is 0.870. The first-order chi connectivity index (χ1) is 8.67. The SMILES string of the molecule is CCc1cc(N)nc(CSc2ccc(Cl)cc2)n1. The van der Waals surface area contributed by atoms with Gasteiger partial charge in [-0.15, -0.1) is 11.8 Å². The van der Waals surface area contributed by atoms with E-state index in [2.05, 4.69) is 16.9 Å². The number of nitrogens with two attached hydrogens (primary N) is 1. The maximum Gasteiger partial charge on any atom is 0.141 e. The molecule has 0 aliphatic heterocycles. The van der Waals surface area contributed by atoms with E-state index in [4.69, 9.17) is 17.3 Å². The van der Waals surface area contributed by atoms with Crippen LogP contribution in [0.4, 0.5) is 5.82 Å². The third kappa shape index (κ3) is 3.62. The number of aryl methyl sites for hydroxylation is 1. The van der Waals surface area contributed by atoms with Gasteiger partial charge in [0.15, 0.2) is 0 Å². The van der Waals surface area contributed by atoms with Crippen molar-refractivity contribution in [2.75, 3.05) is 5.73 Å². The molecule has 0 aliphatic carbocycles. The summed E-state index contributed by atoms with van der Waals surface area (Å²) >= 11 is 7.51. The summed E-state index contributed by atoms with van der Waals surface area (Å²) in [5.74, 6) is 2.01. The van der Waals surface area contributed by atoms with Crippen molar-refractivity contribution in [1.29, 1.82) is 0 Å². The average molecular weight is 280 g/mol. The van der Waals surface area contributed by atoms with Crippen LogP contribution in [-0.4, -0.2) is 9.97 Å². The molecule has 0 bridgehead atoms. The zero-order chi connectivity index (χ0) is 13.0. The second-order valence-corrected chi connectivity index (χ2v) is 5.28. The van der Waals surface area contributed by atoms with Crippen LogP contribution in [0.15, 0.2) is 35.2 Å². The molecule has 2 aromatic rings. The van der Waals surface area contributed by atoms with E-state index >= 15 is 0 Å². The molecule has 94 valence electrons. The molecule has 0 fully saturated rings. The number of halogens is 1. The lowest BCUT2D eigenvalue weighted by Gasteiger charge is -2.04. The van der Waals surface area contributed by atoms with Crippen molar-refractivity contribution in [3.05, 3.63) is 46.9 Å². The highest BCUT2D eigenvalue weighted by Crippen LogP contribution is 2.23. The van der Waals surface area contributed by atoms with Gasteiger partial charge in [-0.2, -0.15) is 0 Å². The molecule has 0 atom stereocenters. The van der Waals surface area contributed by atoms with E-state index in [0.717, 1.165) is 27.9 Å². The Bertz CT molecular complexity index is 528. The molecule has 0 spiro atoms. The summed E-state index contributed by atoms with van der Waals surface area (Å²) in [6.07, 6.45) is 0.866. The van der Waals surface area contributed by atoms with Gasteiger partial charge in [-0.3, -0.25) is 0 Å². The minimum Gasteiger partial charge on any atom is -0.384 e. The Morgan fingerprint density at radius 1 is 1.22 bits per heavy atom. The van der Waals surface area contributed by atoms with Crippen LogP contribution in [0.2, 0.25) is 5.02 Å². The fraction of sp³-hybridized carbons (Fsp3) is 0.231. The second kappa shape index (κ2) is 6.07. The Morgan fingerprint density at radius 3 is 2.61 bits per heavy atom. The first kappa shape index (κ1) is 13.2. The molecule has 0 saturated carbocycles. The van der Waals surface area contributed by atoms with E-state index in [-0.39, 0.29) is 0 Å². The number of hydrogen-bond acceptors (Lipinski definition) is 4. The van der Waals surface area contributed by atoms with Crippen LogP contribution in [0.5, 0.6) is 0 Å². The minimum atomic E-state index is 0.536. The van der Waals surface area contributed by atoms with Gasteiger partial charge < -0.3 is 5.73 Å². The summed E-state index contributed by atoms with van der Waals surface area (Å²) in [6.45, 7) is 2.05. The number of rotatable bonds is 4. The highest BCUT2D eigenvalue weighted by atomic mass is 35.5. The third-order valence-electron chi connectivity index (χ3n) is 2.39. The van der Waals surface area contributed by atoms with Gasteiger partial charge in [0.25, 0.3) is 0 Å². The Labute approximate surface area is 116 Å². The molecule has 0 unspecified atom stereocenters. The van der Waals surface area contributed by atoms with E-state index in [1.54, 1.807) is 11.8 Å². The van der Waals surface area contributed by atoms with E-state index in [1.807, 2.05) is 30.3 Å². The molecule has 3 nitrogen and oxygen atoms in total. The molecule has 0 aliphatic rings. The summed E-state index contributed by atoms with van der Waals surface area (Å²) in [5, 5.41) is 0.743. The van der Waals surface area contributed by atoms with Crippen LogP contribution in [0.1, 0.15) is 18.4 Å². The molecule has 0 saturated heterocycles. The normalized spacial score (nSPS) is 10.6. The average Bonchev–Trinajstić information content (AvgIpc) is 2.37. The van der Waals surface area contributed by atoms with Crippen molar-refractivity contribution < 1.29 is 0 Å². The topological polar surface area (TPSA) is 51.8 Å². The Kier molecular flexibility index (Phi) is 4.44. The van der Waals surface area contributed by atoms with Crippen molar-refractivity contribution in [3.63, 3.8) is 0 Å². The fourth-order valence-corrected chi connectivity index (χ4v) is 2.38. The Balaban J connectivity index is 2.05. The van der Waals surface area contributed by atoms with Crippen molar-refractivity contribution >= 4 is 29.2 Å². The summed E-state index contributed by atoms with van der Waals surface area (Å²) in [5.41, 5.74) is 6.73. The number of hydrogen-bond donors (Lipinski definition) is 1. The summed E-state index contributed by atoms with van der Waals surface area (Å²) in [4.78, 5) is 9.82. The largest absolute Gasteiger partial charge is 0.384 e. The van der Waals surface area contributed by atoms with Gasteiger partial charge in [0.2, 0.25) is 0 Å². The van der Waals surface area contributed by atoms with Crippen LogP contribution < -0.4 is 5.73 Å². The highest BCUT2D eigenvalue weighted by molar-refractivity contribution is 7.98. The number of anilines is 1. The van der Waals surface area contributed by atoms with Crippen molar-refractivity contribution in [3.8, 4) is 0 Å². The van der Waals surface area contributed by atoms with Crippen LogP contribution in [-0.2, 0) is 12.2 Å². The Hall–Kier alpha value is -1.26. The molecule has 18 heavy (non-hydrogen) atoms. The van der Waals surface area contributed by atoms with Gasteiger partial charge in [0.1, 0.15) is 11.6 Å². The van der Waals surface area contributed by atoms with Crippen molar-refractivity contribution in [2.24, 2.45) is 0 Å². The predicted octanol–water partition coefficient (Wildman–Crippen LogP) is 3.57. The fourth-order valence-electron chi connectivity index (χ4n) is 1.50. The summed E-state index contributed by atoms with van der Waals surface area (Å²) in [6, 6.07) is 9.54. The molecular weight excluding hydrogens is 266 g/mol. The van der Waals surface area contributed by atoms with Crippen LogP contribution in [0, 0.1) is 0 Å². The van der Waals surface area contributed by atoms with Gasteiger partial charge >= 0.3 is 0 Å². The minimum absolute atomic E-state index is 0.536. The zero-order valence-corrected chi connectivity index (χ0v) is 11.6. The maximum absolute atomic E-state index is 5.84. The molecule has 1 heterocycles. The van der Waals surface area contributed by atoms with Gasteiger partial charge in [0.05, 0.1) is 5.75 Å². The first-order valence-electron chi connectivity index (χ1n) is 5.68. The summed E-state index contributed by atoms with van der Waals surface area (Å²) in [7, 11) is 0. The number of nitrogen functional groups attached to an aromatic ring is 1. The molecule has 0 radical (unpaired) electrons. The number of nitrogens with zero attached hydrogens (tertiary/aromatic N) is 2. The van der Waals surface area contributed by atoms with Crippen LogP contribution in [0.3, 0.4) is 0 Å². The van der Waals surface area contributed by atoms with Gasteiger partial charge in [-0.1, -0.05) is 18.5 Å². The molecule has 1 aromatic carbocycles. The molecule has 0 amide bonds. The van der Waals surface area contributed by atoms with E-state index < -0.39 is 0 Å². The lowest BCUT2D eigenvalue weighted by Crippen LogP contribution is -2.01. The maximum atomic E-state index is 5.84. The third-order valence-corrected chi connectivity index (χ3v) is 3.65. The highest BCUT2D eigenvalue weighted by Gasteiger charge is 2.03. The first-order valence-corrected chi connectivity index (χ1v) is 7.04. The zero-order valence-electron chi connectivity index (χ0n) is 10.1. The lowest BCUT2D eigenvalue weighted by atomic mass is 10.3. The van der Waals surface area contributed by atoms with Gasteiger partial charge in [0, 0.05) is 21.7 Å². The van der Waals surface area contributed by atoms with E-state index in [0.29, 0.717) is 11.6 Å². The second-order valence-electron chi connectivity index (χ2n) is 3.80. The lowest BCUT2D eigenvalue weighted by molar-refractivity contribution is 0.945. The summed E-state index contributed by atoms with van der Waals surface area (Å²) < 4.78 is 0. The van der Waals surface area contributed by atoms with E-state index in [1.165, 1.54) is 0 Å².